The van der Waals surface area contributed by atoms with Crippen molar-refractivity contribution < 1.29 is 13.2 Å². The molecule has 0 spiro atoms. The second kappa shape index (κ2) is 8.15. The molecule has 1 aliphatic rings. The molecule has 1 heterocycles. The molecule has 0 radical (unpaired) electrons. The number of benzene rings is 3. The van der Waals surface area contributed by atoms with Gasteiger partial charge in [0.2, 0.25) is 0 Å². The van der Waals surface area contributed by atoms with Crippen LogP contribution in [-0.2, 0) is 14.8 Å². The second-order valence-electron chi connectivity index (χ2n) is 6.94. The van der Waals surface area contributed by atoms with Crippen LogP contribution in [0.3, 0.4) is 0 Å². The van der Waals surface area contributed by atoms with Crippen molar-refractivity contribution in [2.45, 2.75) is 24.0 Å². The topological polar surface area (TPSA) is 59.0 Å². The van der Waals surface area contributed by atoms with Crippen molar-refractivity contribution in [2.75, 3.05) is 0 Å². The highest BCUT2D eigenvalue weighted by Crippen LogP contribution is 2.40. The van der Waals surface area contributed by atoms with E-state index in [-0.39, 0.29) is 11.0 Å². The van der Waals surface area contributed by atoms with E-state index >= 15 is 0 Å². The van der Waals surface area contributed by atoms with Gasteiger partial charge in [0.15, 0.2) is 0 Å². The maximum atomic E-state index is 12.9. The van der Waals surface area contributed by atoms with Crippen LogP contribution < -0.4 is 0 Å². The monoisotopic (exact) mass is 403 g/mol. The molecule has 3 aromatic rings. The summed E-state index contributed by atoms with van der Waals surface area (Å²) in [6, 6.07) is 26.1. The predicted octanol–water partition coefficient (Wildman–Crippen LogP) is 4.98. The molecule has 0 N–H and O–H groups in total. The first-order valence-electron chi connectivity index (χ1n) is 9.38. The third kappa shape index (κ3) is 4.70. The largest absolute Gasteiger partial charge is 0.358 e. The van der Waals surface area contributed by atoms with E-state index in [1.54, 1.807) is 30.3 Å². The lowest BCUT2D eigenvalue weighted by molar-refractivity contribution is 0.400. The lowest BCUT2D eigenvalue weighted by Crippen LogP contribution is -2.09. The SMILES string of the molecule is Cc1ccc(S(=O)(=O)/N=C(/C=C/c2ccccc2)[C@H]2O[C@@H]2c2ccccc2)cc1. The normalized spacial score (nSPS) is 19.4. The first-order valence-corrected chi connectivity index (χ1v) is 10.8. The molecular formula is C24H21NO3S. The molecule has 2 atom stereocenters. The second-order valence-corrected chi connectivity index (χ2v) is 8.54. The van der Waals surface area contributed by atoms with Crippen LogP contribution >= 0.6 is 0 Å². The Hall–Kier alpha value is -3.02. The summed E-state index contributed by atoms with van der Waals surface area (Å²) < 4.78 is 35.7. The number of nitrogens with zero attached hydrogens (tertiary/aromatic N) is 1. The molecule has 0 amide bonds. The Labute approximate surface area is 171 Å². The molecule has 0 unspecified atom stereocenters. The van der Waals surface area contributed by atoms with Gasteiger partial charge in [-0.05, 0) is 36.3 Å². The van der Waals surface area contributed by atoms with Crippen molar-refractivity contribution in [2.24, 2.45) is 4.40 Å². The Morgan fingerprint density at radius 3 is 2.17 bits per heavy atom. The van der Waals surface area contributed by atoms with E-state index in [1.807, 2.05) is 73.7 Å². The maximum absolute atomic E-state index is 12.9. The van der Waals surface area contributed by atoms with E-state index in [0.717, 1.165) is 16.7 Å². The van der Waals surface area contributed by atoms with Crippen molar-refractivity contribution in [3.8, 4) is 0 Å². The van der Waals surface area contributed by atoms with Crippen LogP contribution in [0.1, 0.15) is 22.8 Å². The molecule has 146 valence electrons. The van der Waals surface area contributed by atoms with Gasteiger partial charge in [-0.25, -0.2) is 0 Å². The summed E-state index contributed by atoms with van der Waals surface area (Å²) in [5.41, 5.74) is 3.35. The standard InChI is InChI=1S/C24H21NO3S/c1-18-12-15-21(16-13-18)29(26,27)25-22(17-14-19-8-4-2-5-9-19)24-23(28-24)20-10-6-3-7-11-20/h2-17,23-24H,1H3/b17-14+,25-22-/t23-,24-/m1/s1. The van der Waals surface area contributed by atoms with Crippen LogP contribution in [-0.4, -0.2) is 20.2 Å². The maximum Gasteiger partial charge on any atom is 0.282 e. The van der Waals surface area contributed by atoms with Gasteiger partial charge in [-0.15, -0.1) is 0 Å². The first-order chi connectivity index (χ1) is 14.0. The van der Waals surface area contributed by atoms with Crippen LogP contribution in [0.2, 0.25) is 0 Å². The molecule has 1 saturated heterocycles. The minimum Gasteiger partial charge on any atom is -0.358 e. The lowest BCUT2D eigenvalue weighted by atomic mass is 10.1. The zero-order valence-electron chi connectivity index (χ0n) is 16.0. The van der Waals surface area contributed by atoms with Gasteiger partial charge < -0.3 is 4.74 Å². The average molecular weight is 404 g/mol. The molecule has 0 saturated carbocycles. The average Bonchev–Trinajstić information content (AvgIpc) is 3.54. The molecule has 1 fully saturated rings. The Kier molecular flexibility index (Phi) is 5.43. The Balaban J connectivity index is 1.67. The predicted molar refractivity (Wildman–Crippen MR) is 115 cm³/mol. The van der Waals surface area contributed by atoms with Crippen molar-refractivity contribution in [3.05, 3.63) is 108 Å². The lowest BCUT2D eigenvalue weighted by Gasteiger charge is -2.03. The fraction of sp³-hybridized carbons (Fsp3) is 0.125. The summed E-state index contributed by atoms with van der Waals surface area (Å²) in [5, 5.41) is 0. The van der Waals surface area contributed by atoms with Gasteiger partial charge in [-0.3, -0.25) is 0 Å². The molecule has 3 aromatic carbocycles. The van der Waals surface area contributed by atoms with E-state index in [0.29, 0.717) is 5.71 Å². The summed E-state index contributed by atoms with van der Waals surface area (Å²) in [7, 11) is -3.83. The van der Waals surface area contributed by atoms with Crippen LogP contribution in [0.15, 0.2) is 100 Å². The molecular weight excluding hydrogens is 382 g/mol. The molecule has 0 bridgehead atoms. The summed E-state index contributed by atoms with van der Waals surface area (Å²) >= 11 is 0. The van der Waals surface area contributed by atoms with Crippen LogP contribution in [0.25, 0.3) is 6.08 Å². The van der Waals surface area contributed by atoms with Gasteiger partial charge in [0.05, 0.1) is 10.6 Å². The smallest absolute Gasteiger partial charge is 0.282 e. The molecule has 1 aliphatic heterocycles. The van der Waals surface area contributed by atoms with Crippen LogP contribution in [0.5, 0.6) is 0 Å². The number of aryl methyl sites for hydroxylation is 1. The minimum absolute atomic E-state index is 0.172. The Morgan fingerprint density at radius 1 is 0.897 bits per heavy atom. The van der Waals surface area contributed by atoms with E-state index in [1.165, 1.54) is 0 Å². The third-order valence-electron chi connectivity index (χ3n) is 4.70. The Bertz CT molecular complexity index is 1140. The third-order valence-corrected chi connectivity index (χ3v) is 6.02. The summed E-state index contributed by atoms with van der Waals surface area (Å²) in [4.78, 5) is 0.172. The number of epoxide rings is 1. The number of sulfonamides is 1. The number of rotatable bonds is 6. The summed E-state index contributed by atoms with van der Waals surface area (Å²) in [5.74, 6) is 0. The van der Waals surface area contributed by atoms with E-state index in [2.05, 4.69) is 4.40 Å². The van der Waals surface area contributed by atoms with Crippen molar-refractivity contribution >= 4 is 21.8 Å². The molecule has 0 aliphatic carbocycles. The van der Waals surface area contributed by atoms with Gasteiger partial charge in [-0.1, -0.05) is 84.4 Å². The molecule has 0 aromatic heterocycles. The van der Waals surface area contributed by atoms with E-state index < -0.39 is 16.1 Å². The molecule has 4 rings (SSSR count). The minimum atomic E-state index is -3.83. The van der Waals surface area contributed by atoms with Gasteiger partial charge in [0, 0.05) is 0 Å². The number of hydrogen-bond acceptors (Lipinski definition) is 3. The summed E-state index contributed by atoms with van der Waals surface area (Å²) in [6.07, 6.45) is 3.00. The molecule has 29 heavy (non-hydrogen) atoms. The highest BCUT2D eigenvalue weighted by Gasteiger charge is 2.44. The Morgan fingerprint density at radius 2 is 1.52 bits per heavy atom. The van der Waals surface area contributed by atoms with E-state index in [9.17, 15) is 8.42 Å². The van der Waals surface area contributed by atoms with Crippen molar-refractivity contribution in [1.82, 2.24) is 0 Å². The molecule has 5 heteroatoms. The molecule has 4 nitrogen and oxygen atoms in total. The van der Waals surface area contributed by atoms with Gasteiger partial charge in [0.1, 0.15) is 12.2 Å². The number of hydrogen-bond donors (Lipinski definition) is 0. The fourth-order valence-corrected chi connectivity index (χ4v) is 4.09. The van der Waals surface area contributed by atoms with Crippen LogP contribution in [0, 0.1) is 6.92 Å². The van der Waals surface area contributed by atoms with Gasteiger partial charge in [0.25, 0.3) is 10.0 Å². The van der Waals surface area contributed by atoms with E-state index in [4.69, 9.17) is 4.74 Å². The highest BCUT2D eigenvalue weighted by molar-refractivity contribution is 7.90. The van der Waals surface area contributed by atoms with Crippen LogP contribution in [0.4, 0.5) is 0 Å². The zero-order valence-corrected chi connectivity index (χ0v) is 16.8. The number of ether oxygens (including phenoxy) is 1. The summed E-state index contributed by atoms with van der Waals surface area (Å²) in [6.45, 7) is 1.91. The quantitative estimate of drug-likeness (QED) is 0.431. The van der Waals surface area contributed by atoms with Crippen molar-refractivity contribution in [3.63, 3.8) is 0 Å². The van der Waals surface area contributed by atoms with Gasteiger partial charge in [-0.2, -0.15) is 12.8 Å². The van der Waals surface area contributed by atoms with Gasteiger partial charge >= 0.3 is 0 Å². The van der Waals surface area contributed by atoms with Crippen molar-refractivity contribution in [1.29, 1.82) is 0 Å². The fourth-order valence-electron chi connectivity index (χ4n) is 3.06. The highest BCUT2D eigenvalue weighted by atomic mass is 32.2. The first kappa shape index (κ1) is 19.3. The zero-order chi connectivity index (χ0) is 20.3.